The molecule has 8 N–H and O–H groups in total. The van der Waals surface area contributed by atoms with Gasteiger partial charge in [-0.15, -0.1) is 0 Å². The van der Waals surface area contributed by atoms with Gasteiger partial charge in [-0.05, 0) is 225 Å². The number of aryl methyl sites for hydroxylation is 3. The van der Waals surface area contributed by atoms with Crippen molar-refractivity contribution in [2.45, 2.75) is 144 Å². The summed E-state index contributed by atoms with van der Waals surface area (Å²) in [5, 5.41) is 40.6. The number of aromatic amines is 1. The largest absolute Gasteiger partial charge is 0.444 e. The molecular weight excluding hydrogens is 1810 g/mol. The van der Waals surface area contributed by atoms with Crippen molar-refractivity contribution in [2.24, 2.45) is 5.73 Å². The predicted octanol–water partition coefficient (Wildman–Crippen LogP) is 17.1. The minimum absolute atomic E-state index is 0.00340. The van der Waals surface area contributed by atoms with E-state index in [9.17, 15) is 78.5 Å². The molecule has 14 rings (SSSR count). The van der Waals surface area contributed by atoms with Gasteiger partial charge in [0.1, 0.15) is 16.8 Å². The third-order valence-electron chi connectivity index (χ3n) is 19.2. The van der Waals surface area contributed by atoms with Gasteiger partial charge >= 0.3 is 18.3 Å². The first-order valence-electron chi connectivity index (χ1n) is 43.5. The number of hydrogen-bond donors (Lipinski definition) is 7. The first-order valence-corrected chi connectivity index (χ1v) is 43.5. The third-order valence-corrected chi connectivity index (χ3v) is 19.2. The highest BCUT2D eigenvalue weighted by atomic mass is 19.2. The topological polar surface area (TPSA) is 400 Å². The minimum atomic E-state index is -1.57. The highest BCUT2D eigenvalue weighted by molar-refractivity contribution is 5.70. The molecule has 0 spiro atoms. The predicted molar refractivity (Wildman–Crippen MR) is 503 cm³/mol. The van der Waals surface area contributed by atoms with E-state index in [1.165, 1.54) is 35.0 Å². The number of carbonyl (C=O) groups excluding carboxylic acids is 3. The molecule has 38 heteroatoms. The number of aliphatic hydroxyl groups excluding tert-OH is 2. The van der Waals surface area contributed by atoms with E-state index in [-0.39, 0.29) is 60.1 Å². The quantitative estimate of drug-likeness (QED) is 0.0109. The van der Waals surface area contributed by atoms with Gasteiger partial charge in [-0.25, -0.2) is 108 Å². The number of amides is 3. The van der Waals surface area contributed by atoms with Crippen LogP contribution in [-0.2, 0) is 59.8 Å². The molecule has 0 bridgehead atoms. The summed E-state index contributed by atoms with van der Waals surface area (Å²) in [6.07, 6.45) is 20.9. The van der Waals surface area contributed by atoms with E-state index in [0.29, 0.717) is 62.3 Å². The number of aromatic nitrogens is 14. The van der Waals surface area contributed by atoms with E-state index in [0.717, 1.165) is 140 Å². The summed E-state index contributed by atoms with van der Waals surface area (Å²) < 4.78 is 138. The number of carbonyl (C=O) groups is 3. The van der Waals surface area contributed by atoms with Crippen LogP contribution in [0.25, 0.3) is 85.4 Å². The average Bonchev–Trinajstić information content (AvgIpc) is 0.807. The normalized spacial score (nSPS) is 11.2. The summed E-state index contributed by atoms with van der Waals surface area (Å²) in [5.74, 6) is -10.3. The molecule has 0 atom stereocenters. The smallest absolute Gasteiger partial charge is 0.407 e. The monoisotopic (exact) mass is 1910 g/mol. The number of hydrogen-bond acceptors (Lipinski definition) is 23. The average molecular weight is 1910 g/mol. The molecule has 7 aromatic carbocycles. The minimum Gasteiger partial charge on any atom is -0.444 e. The SMILES string of the molecule is CC(C)(C)OC(=O)NC/C=C/c1cnc(-c2cccc(CO)c2)nc1.CC(C)(C)OC(=O)NCCCc1cnc(-c2cccc(CO)c2)nc1.CC(C)(C)OC(=O)NCCCc1cnc(-c2cccc(Cn3nc(-c4cc(F)c(F)c(F)c4)ccc3=O)c2)nc1.NCCCc1cnc(-c2cccc(Cn3nc(-c4cc(F)c(F)c(F)c4)ccc3=O)c2)nc1.O=c1ccc(-c2cc(F)c(F)c(F)c2)n[nH]1. The van der Waals surface area contributed by atoms with Gasteiger partial charge in [0.25, 0.3) is 16.7 Å². The molecule has 724 valence electrons. The van der Waals surface area contributed by atoms with Crippen LogP contribution in [0.1, 0.15) is 126 Å². The van der Waals surface area contributed by atoms with Gasteiger partial charge in [-0.2, -0.15) is 15.3 Å². The Labute approximate surface area is 793 Å². The fourth-order valence-electron chi connectivity index (χ4n) is 12.7. The molecule has 14 aromatic rings. The van der Waals surface area contributed by atoms with Crippen molar-refractivity contribution in [2.75, 3.05) is 26.2 Å². The number of nitrogens with two attached hydrogens (primary N) is 1. The van der Waals surface area contributed by atoms with Crippen LogP contribution >= 0.6 is 0 Å². The molecule has 0 aliphatic carbocycles. The van der Waals surface area contributed by atoms with Gasteiger partial charge in [0.05, 0.1) is 43.4 Å². The van der Waals surface area contributed by atoms with Crippen LogP contribution < -0.4 is 38.4 Å². The van der Waals surface area contributed by atoms with Crippen molar-refractivity contribution in [1.29, 1.82) is 0 Å². The summed E-state index contributed by atoms with van der Waals surface area (Å²) in [7, 11) is 0. The number of alkyl carbamates (subject to hydrolysis) is 3. The third kappa shape index (κ3) is 34.0. The van der Waals surface area contributed by atoms with Gasteiger partial charge in [-0.3, -0.25) is 14.4 Å². The number of benzene rings is 7. The first kappa shape index (κ1) is 105. The van der Waals surface area contributed by atoms with Crippen molar-refractivity contribution < 1.29 is 78.3 Å². The lowest BCUT2D eigenvalue weighted by atomic mass is 10.1. The van der Waals surface area contributed by atoms with E-state index < -0.39 is 104 Å². The molecule has 3 amide bonds. The van der Waals surface area contributed by atoms with Crippen molar-refractivity contribution in [3.05, 3.63) is 353 Å². The molecular formula is C101H101F9N18O11. The van der Waals surface area contributed by atoms with E-state index >= 15 is 0 Å². The van der Waals surface area contributed by atoms with E-state index in [4.69, 9.17) is 19.9 Å². The number of halogens is 9. The zero-order chi connectivity index (χ0) is 101. The molecule has 29 nitrogen and oxygen atoms in total. The lowest BCUT2D eigenvalue weighted by Gasteiger charge is -2.19. The molecule has 0 aliphatic rings. The number of nitrogens with one attached hydrogen (secondary N) is 4. The number of rotatable bonds is 27. The van der Waals surface area contributed by atoms with Crippen molar-refractivity contribution >= 4 is 24.4 Å². The van der Waals surface area contributed by atoms with Gasteiger partial charge in [0.2, 0.25) is 0 Å². The highest BCUT2D eigenvalue weighted by Gasteiger charge is 2.22. The number of aliphatic hydroxyl groups is 2. The van der Waals surface area contributed by atoms with Crippen LogP contribution in [0.15, 0.2) is 240 Å². The van der Waals surface area contributed by atoms with Crippen LogP contribution in [0.2, 0.25) is 0 Å². The Bertz CT molecular complexity index is 6650. The highest BCUT2D eigenvalue weighted by Crippen LogP contribution is 2.28. The van der Waals surface area contributed by atoms with Crippen LogP contribution in [0.3, 0.4) is 0 Å². The second kappa shape index (κ2) is 50.2. The van der Waals surface area contributed by atoms with Gasteiger partial charge in [-0.1, -0.05) is 84.9 Å². The first-order chi connectivity index (χ1) is 66.2. The van der Waals surface area contributed by atoms with Crippen molar-refractivity contribution in [3.8, 4) is 79.3 Å². The molecule has 7 aromatic heterocycles. The van der Waals surface area contributed by atoms with Gasteiger partial charge in [0.15, 0.2) is 75.7 Å². The van der Waals surface area contributed by atoms with Crippen molar-refractivity contribution in [3.63, 3.8) is 0 Å². The van der Waals surface area contributed by atoms with E-state index in [1.54, 1.807) is 88.6 Å². The second-order valence-electron chi connectivity index (χ2n) is 33.9. The molecule has 0 unspecified atom stereocenters. The molecule has 0 saturated carbocycles. The van der Waals surface area contributed by atoms with Crippen LogP contribution in [0.5, 0.6) is 0 Å². The van der Waals surface area contributed by atoms with Crippen LogP contribution in [-0.4, -0.2) is 141 Å². The Morgan fingerprint density at radius 1 is 0.381 bits per heavy atom. The summed E-state index contributed by atoms with van der Waals surface area (Å²) in [5.41, 5.74) is 13.3. The fourth-order valence-corrected chi connectivity index (χ4v) is 12.7. The van der Waals surface area contributed by atoms with Crippen LogP contribution in [0, 0.1) is 52.4 Å². The van der Waals surface area contributed by atoms with Crippen molar-refractivity contribution in [1.82, 2.24) is 85.6 Å². The standard InChI is InChI=1S/C29H28F3N5O3.C24H20F3N5O.C19H25N3O3.C19H23N3O3.C10H5F3N2O/c1-29(2,3)40-28(39)33-11-5-7-19-15-34-27(35-16-19)20-8-4-6-18(12-20)17-37-25(38)10-9-24(36-37)21-13-22(30)26(32)23(31)14-21;25-19-10-18(11-20(26)23(19)27)21-6-7-22(33)32(31-21)14-15-3-1-5-17(9-15)24-29-12-16(13-30-24)4-2-8-28;2*1-19(2,3)25-18(24)20-9-5-7-15-11-21-17(22-12-15)16-8-4-6-14(10-16)13-23;11-6-3-5(4-7(12)10(6)13)8-1-2-9(16)15-14-8/h4,6,8-10,12-16H,5,7,11,17H2,1-3H3,(H,33,39);1,3,5-7,9-13H,2,4,8,14,28H2;4,6,8,10-12,23H,5,7,9,13H2,1-3H3,(H,20,24);4-8,10-12,23H,9,13H2,1-3H3,(H,20,24);1-4H,(H,15,16)/b;;;7-5+;. The maximum absolute atomic E-state index is 13.7. The Hall–Kier alpha value is -15.7. The van der Waals surface area contributed by atoms with Crippen LogP contribution in [0.4, 0.5) is 53.9 Å². The number of ether oxygens (including phenoxy) is 3. The lowest BCUT2D eigenvalue weighted by Crippen LogP contribution is -2.33. The fraction of sp³-hybridized carbons (Fsp3) is 0.257. The maximum Gasteiger partial charge on any atom is 0.407 e. The Kier molecular flexibility index (Phi) is 38.1. The summed E-state index contributed by atoms with van der Waals surface area (Å²) in [4.78, 5) is 105. The zero-order valence-electron chi connectivity index (χ0n) is 77.2. The molecule has 0 aliphatic heterocycles. The van der Waals surface area contributed by atoms with E-state index in [1.807, 2.05) is 133 Å². The lowest BCUT2D eigenvalue weighted by molar-refractivity contribution is 0.0515. The second-order valence-corrected chi connectivity index (χ2v) is 33.9. The maximum atomic E-state index is 13.7. The molecule has 139 heavy (non-hydrogen) atoms. The molecule has 0 fully saturated rings. The van der Waals surface area contributed by atoms with Gasteiger partial charge < -0.3 is 46.1 Å². The summed E-state index contributed by atoms with van der Waals surface area (Å²) in [6.45, 7) is 18.5. The van der Waals surface area contributed by atoms with E-state index in [2.05, 4.69) is 76.2 Å². The Morgan fingerprint density at radius 2 is 0.691 bits per heavy atom. The molecule has 7 heterocycles. The summed E-state index contributed by atoms with van der Waals surface area (Å²) >= 11 is 0. The number of nitrogens with zero attached hydrogens (tertiary/aromatic N) is 13. The van der Waals surface area contributed by atoms with Gasteiger partial charge in [0, 0.05) is 132 Å². The summed E-state index contributed by atoms with van der Waals surface area (Å²) in [6, 6.07) is 42.1. The zero-order valence-corrected chi connectivity index (χ0v) is 77.2. The Balaban J connectivity index is 0.000000184. The molecule has 0 radical (unpaired) electrons. The molecule has 0 saturated heterocycles. The Morgan fingerprint density at radius 3 is 1.01 bits per heavy atom. The number of H-pyrrole nitrogens is 1.